The van der Waals surface area contributed by atoms with Crippen molar-refractivity contribution in [3.8, 4) is 0 Å². The Bertz CT molecular complexity index is 1000. The van der Waals surface area contributed by atoms with Crippen LogP contribution in [0.5, 0.6) is 0 Å². The fourth-order valence-corrected chi connectivity index (χ4v) is 3.39. The van der Waals surface area contributed by atoms with Gasteiger partial charge in [-0.1, -0.05) is 6.07 Å². The minimum atomic E-state index is -0.889. The highest BCUT2D eigenvalue weighted by Crippen LogP contribution is 2.27. The molecule has 4 rings (SSSR count). The third kappa shape index (κ3) is 3.37. The summed E-state index contributed by atoms with van der Waals surface area (Å²) in [6.45, 7) is 3.08. The zero-order chi connectivity index (χ0) is 19.0. The monoisotopic (exact) mass is 372 g/mol. The first-order chi connectivity index (χ1) is 13.0. The maximum absolute atomic E-state index is 13.6. The van der Waals surface area contributed by atoms with Crippen molar-refractivity contribution in [3.05, 3.63) is 59.2 Å². The molecule has 3 aromatic rings. The standard InChI is InChI=1S/C18H18F2N6O/c1-10-4-7-22-18-24-16(25-26(10)18)17(27)23-15-9-21-6-5-12(15)11-2-3-13(19)14(20)8-11/h2-4,7-8,12,15,21H,5-6,9H2,1H3,(H,23,27). The quantitative estimate of drug-likeness (QED) is 0.729. The maximum Gasteiger partial charge on any atom is 0.291 e. The largest absolute Gasteiger partial charge is 0.345 e. The lowest BCUT2D eigenvalue weighted by Gasteiger charge is -2.33. The summed E-state index contributed by atoms with van der Waals surface area (Å²) in [5, 5.41) is 10.3. The molecule has 7 nitrogen and oxygen atoms in total. The predicted molar refractivity (Wildman–Crippen MR) is 93.4 cm³/mol. The topological polar surface area (TPSA) is 84.2 Å². The van der Waals surface area contributed by atoms with Gasteiger partial charge in [0.2, 0.25) is 5.82 Å². The average molecular weight is 372 g/mol. The predicted octanol–water partition coefficient (Wildman–Crippen LogP) is 1.59. The summed E-state index contributed by atoms with van der Waals surface area (Å²) >= 11 is 0. The van der Waals surface area contributed by atoms with Crippen LogP contribution in [0.2, 0.25) is 0 Å². The van der Waals surface area contributed by atoms with E-state index in [1.165, 1.54) is 10.6 Å². The van der Waals surface area contributed by atoms with Crippen molar-refractivity contribution in [2.75, 3.05) is 13.1 Å². The van der Waals surface area contributed by atoms with Crippen molar-refractivity contribution >= 4 is 11.7 Å². The van der Waals surface area contributed by atoms with Crippen molar-refractivity contribution in [2.45, 2.75) is 25.3 Å². The molecule has 2 aromatic heterocycles. The van der Waals surface area contributed by atoms with Gasteiger partial charge in [-0.25, -0.2) is 18.3 Å². The maximum atomic E-state index is 13.6. The van der Waals surface area contributed by atoms with E-state index < -0.39 is 17.5 Å². The number of hydrogen-bond acceptors (Lipinski definition) is 5. The summed E-state index contributed by atoms with van der Waals surface area (Å²) in [5.74, 6) is -1.97. The molecule has 9 heteroatoms. The SMILES string of the molecule is Cc1ccnc2nc(C(=O)NC3CNCCC3c3ccc(F)c(F)c3)nn12. The van der Waals surface area contributed by atoms with Crippen molar-refractivity contribution in [1.29, 1.82) is 0 Å². The van der Waals surface area contributed by atoms with Crippen LogP contribution in [0.25, 0.3) is 5.78 Å². The van der Waals surface area contributed by atoms with E-state index in [2.05, 4.69) is 25.7 Å². The number of carbonyl (C=O) groups is 1. The summed E-state index contributed by atoms with van der Waals surface area (Å²) in [6.07, 6.45) is 2.29. The second-order valence-corrected chi connectivity index (χ2v) is 6.59. The molecule has 1 aliphatic heterocycles. The third-order valence-electron chi connectivity index (χ3n) is 4.80. The van der Waals surface area contributed by atoms with Crippen LogP contribution in [0, 0.1) is 18.6 Å². The molecule has 2 N–H and O–H groups in total. The molecule has 0 aliphatic carbocycles. The van der Waals surface area contributed by atoms with E-state index in [4.69, 9.17) is 0 Å². The molecular formula is C18H18F2N6O. The molecule has 3 heterocycles. The van der Waals surface area contributed by atoms with Crippen molar-refractivity contribution in [3.63, 3.8) is 0 Å². The number of aromatic nitrogens is 4. The van der Waals surface area contributed by atoms with Crippen LogP contribution in [-0.4, -0.2) is 44.6 Å². The lowest BCUT2D eigenvalue weighted by molar-refractivity contribution is 0.0914. The Morgan fingerprint density at radius 1 is 1.30 bits per heavy atom. The normalized spacial score (nSPS) is 20.0. The number of nitrogens with one attached hydrogen (secondary N) is 2. The molecule has 2 atom stereocenters. The smallest absolute Gasteiger partial charge is 0.291 e. The van der Waals surface area contributed by atoms with E-state index in [0.29, 0.717) is 24.3 Å². The summed E-state index contributed by atoms with van der Waals surface area (Å²) in [4.78, 5) is 20.9. The summed E-state index contributed by atoms with van der Waals surface area (Å²) in [6, 6.07) is 5.35. The lowest BCUT2D eigenvalue weighted by Crippen LogP contribution is -2.50. The summed E-state index contributed by atoms with van der Waals surface area (Å²) in [7, 11) is 0. The van der Waals surface area contributed by atoms with Gasteiger partial charge in [-0.3, -0.25) is 4.79 Å². The number of halogens is 2. The van der Waals surface area contributed by atoms with Crippen LogP contribution in [0.15, 0.2) is 30.5 Å². The van der Waals surface area contributed by atoms with E-state index in [1.807, 2.05) is 6.92 Å². The van der Waals surface area contributed by atoms with E-state index in [-0.39, 0.29) is 17.8 Å². The highest BCUT2D eigenvalue weighted by Gasteiger charge is 2.29. The molecule has 2 unspecified atom stereocenters. The number of amides is 1. The number of fused-ring (bicyclic) bond motifs is 1. The minimum Gasteiger partial charge on any atom is -0.345 e. The highest BCUT2D eigenvalue weighted by atomic mass is 19.2. The summed E-state index contributed by atoms with van der Waals surface area (Å²) < 4.78 is 28.4. The van der Waals surface area contributed by atoms with Gasteiger partial charge in [-0.05, 0) is 43.7 Å². The molecule has 1 saturated heterocycles. The third-order valence-corrected chi connectivity index (χ3v) is 4.80. The number of hydrogen-bond donors (Lipinski definition) is 2. The number of rotatable bonds is 3. The molecule has 1 aliphatic rings. The molecule has 0 bridgehead atoms. The summed E-state index contributed by atoms with van der Waals surface area (Å²) in [5.41, 5.74) is 1.46. The van der Waals surface area contributed by atoms with E-state index in [0.717, 1.165) is 18.3 Å². The van der Waals surface area contributed by atoms with Crippen LogP contribution in [0.1, 0.15) is 34.2 Å². The van der Waals surface area contributed by atoms with Crippen LogP contribution in [0.3, 0.4) is 0 Å². The van der Waals surface area contributed by atoms with Crippen molar-refractivity contribution < 1.29 is 13.6 Å². The Hall–Kier alpha value is -2.94. The van der Waals surface area contributed by atoms with E-state index >= 15 is 0 Å². The number of carbonyl (C=O) groups excluding carboxylic acids is 1. The van der Waals surface area contributed by atoms with E-state index in [1.54, 1.807) is 18.3 Å². The molecule has 1 aromatic carbocycles. The zero-order valence-corrected chi connectivity index (χ0v) is 14.6. The lowest BCUT2D eigenvalue weighted by atomic mass is 9.86. The van der Waals surface area contributed by atoms with Gasteiger partial charge in [0, 0.05) is 30.4 Å². The minimum absolute atomic E-state index is 0.0198. The number of piperidine rings is 1. The first-order valence-electron chi connectivity index (χ1n) is 8.68. The van der Waals surface area contributed by atoms with Gasteiger partial charge in [0.15, 0.2) is 11.6 Å². The molecule has 140 valence electrons. The average Bonchev–Trinajstić information content (AvgIpc) is 3.10. The van der Waals surface area contributed by atoms with Gasteiger partial charge in [0.05, 0.1) is 0 Å². The first kappa shape index (κ1) is 17.5. The van der Waals surface area contributed by atoms with Gasteiger partial charge in [0.25, 0.3) is 11.7 Å². The zero-order valence-electron chi connectivity index (χ0n) is 14.6. The highest BCUT2D eigenvalue weighted by molar-refractivity contribution is 5.91. The van der Waals surface area contributed by atoms with Gasteiger partial charge < -0.3 is 10.6 Å². The number of nitrogens with zero attached hydrogens (tertiary/aromatic N) is 4. The second-order valence-electron chi connectivity index (χ2n) is 6.59. The number of aryl methyl sites for hydroxylation is 1. The van der Waals surface area contributed by atoms with Crippen LogP contribution in [-0.2, 0) is 0 Å². The molecular weight excluding hydrogens is 354 g/mol. The Morgan fingerprint density at radius 2 is 2.15 bits per heavy atom. The molecule has 0 saturated carbocycles. The Kier molecular flexibility index (Phi) is 4.53. The Balaban J connectivity index is 1.57. The van der Waals surface area contributed by atoms with Crippen molar-refractivity contribution in [2.24, 2.45) is 0 Å². The fourth-order valence-electron chi connectivity index (χ4n) is 3.39. The molecule has 0 spiro atoms. The van der Waals surface area contributed by atoms with Gasteiger partial charge in [0.1, 0.15) is 0 Å². The van der Waals surface area contributed by atoms with E-state index in [9.17, 15) is 13.6 Å². The van der Waals surface area contributed by atoms with Gasteiger partial charge in [-0.15, -0.1) is 5.10 Å². The second kappa shape index (κ2) is 6.99. The molecule has 0 radical (unpaired) electrons. The number of benzene rings is 1. The Labute approximate surface area is 153 Å². The molecule has 1 fully saturated rings. The van der Waals surface area contributed by atoms with Crippen LogP contribution < -0.4 is 10.6 Å². The Morgan fingerprint density at radius 3 is 2.93 bits per heavy atom. The molecule has 1 amide bonds. The van der Waals surface area contributed by atoms with Crippen LogP contribution in [0.4, 0.5) is 8.78 Å². The first-order valence-corrected chi connectivity index (χ1v) is 8.68. The molecule has 27 heavy (non-hydrogen) atoms. The fraction of sp³-hybridized carbons (Fsp3) is 0.333. The van der Waals surface area contributed by atoms with Gasteiger partial charge in [-0.2, -0.15) is 4.98 Å². The van der Waals surface area contributed by atoms with Gasteiger partial charge >= 0.3 is 0 Å². The van der Waals surface area contributed by atoms with Crippen molar-refractivity contribution in [1.82, 2.24) is 30.2 Å². The van der Waals surface area contributed by atoms with Crippen LogP contribution >= 0.6 is 0 Å².